The van der Waals surface area contributed by atoms with Crippen molar-refractivity contribution >= 4 is 0 Å². The second-order valence-corrected chi connectivity index (χ2v) is 4.31. The third kappa shape index (κ3) is 6.88. The van der Waals surface area contributed by atoms with Gasteiger partial charge < -0.3 is 15.1 Å². The van der Waals surface area contributed by atoms with Crippen LogP contribution in [0.25, 0.3) is 0 Å². The van der Waals surface area contributed by atoms with Gasteiger partial charge in [-0.1, -0.05) is 20.8 Å². The molecule has 0 aliphatic rings. The van der Waals surface area contributed by atoms with Crippen molar-refractivity contribution in [1.29, 1.82) is 0 Å². The van der Waals surface area contributed by atoms with Crippen LogP contribution in [0.2, 0.25) is 0 Å². The molecule has 0 saturated heterocycles. The first-order valence-electron chi connectivity index (χ1n) is 6.20. The monoisotopic (exact) mass is 219 g/mol. The first-order chi connectivity index (χ1) is 6.74. The fourth-order valence-electron chi connectivity index (χ4n) is 2.50. The van der Waals surface area contributed by atoms with E-state index in [0.717, 1.165) is 13.0 Å². The van der Waals surface area contributed by atoms with Crippen LogP contribution in [0, 0.1) is 0 Å². The van der Waals surface area contributed by atoms with Crippen LogP contribution < -0.4 is 0 Å². The van der Waals surface area contributed by atoms with Gasteiger partial charge in [0.15, 0.2) is 0 Å². The van der Waals surface area contributed by atoms with Crippen molar-refractivity contribution in [3.63, 3.8) is 0 Å². The molecule has 0 rings (SSSR count). The first-order valence-corrected chi connectivity index (χ1v) is 6.20. The predicted octanol–water partition coefficient (Wildman–Crippen LogP) is 2.24. The number of hydrogen-bond acceptors (Lipinski definition) is 2. The molecular weight excluding hydrogens is 190 g/mol. The van der Waals surface area contributed by atoms with Gasteiger partial charge in [0.05, 0.1) is 26.2 Å². The van der Waals surface area contributed by atoms with Crippen molar-refractivity contribution in [2.24, 2.45) is 0 Å². The molecule has 0 aromatic heterocycles. The first kappa shape index (κ1) is 17.3. The van der Waals surface area contributed by atoms with Crippen LogP contribution in [0.3, 0.4) is 0 Å². The van der Waals surface area contributed by atoms with E-state index in [0.29, 0.717) is 6.61 Å². The lowest BCUT2D eigenvalue weighted by Gasteiger charge is -2.38. The minimum absolute atomic E-state index is 0. The molecule has 0 amide bonds. The molecule has 0 heterocycles. The Bertz CT molecular complexity index is 112. The average molecular weight is 219 g/mol. The van der Waals surface area contributed by atoms with Gasteiger partial charge in [-0.2, -0.15) is 0 Å². The Morgan fingerprint density at radius 3 is 1.47 bits per heavy atom. The van der Waals surface area contributed by atoms with E-state index in [2.05, 4.69) is 20.8 Å². The second-order valence-electron chi connectivity index (χ2n) is 4.31. The molecule has 0 spiro atoms. The van der Waals surface area contributed by atoms with Gasteiger partial charge >= 0.3 is 0 Å². The van der Waals surface area contributed by atoms with Crippen molar-refractivity contribution in [3.05, 3.63) is 0 Å². The third-order valence-electron chi connectivity index (χ3n) is 2.88. The van der Waals surface area contributed by atoms with E-state index in [1.807, 2.05) is 0 Å². The summed E-state index contributed by atoms with van der Waals surface area (Å²) in [6.45, 7) is 12.1. The molecule has 0 aromatic rings. The van der Waals surface area contributed by atoms with Crippen molar-refractivity contribution in [2.75, 3.05) is 32.8 Å². The number of aliphatic hydroxyl groups is 1. The molecule has 0 aromatic carbocycles. The Kier molecular flexibility index (Phi) is 12.0. The molecule has 0 atom stereocenters. The largest absolute Gasteiger partial charge is 0.870 e. The van der Waals surface area contributed by atoms with E-state index < -0.39 is 0 Å². The molecule has 94 valence electrons. The van der Waals surface area contributed by atoms with Crippen molar-refractivity contribution in [3.8, 4) is 0 Å². The molecule has 3 nitrogen and oxygen atoms in total. The third-order valence-corrected chi connectivity index (χ3v) is 2.88. The quantitative estimate of drug-likeness (QED) is 0.605. The van der Waals surface area contributed by atoms with Crippen LogP contribution >= 0.6 is 0 Å². The zero-order valence-corrected chi connectivity index (χ0v) is 10.7. The zero-order valence-electron chi connectivity index (χ0n) is 10.7. The number of nitrogens with zero attached hydrogens (tertiary/aromatic N) is 1. The van der Waals surface area contributed by atoms with E-state index in [1.165, 1.54) is 43.4 Å². The van der Waals surface area contributed by atoms with Gasteiger partial charge in [-0.05, 0) is 19.3 Å². The highest BCUT2D eigenvalue weighted by atomic mass is 16.3. The summed E-state index contributed by atoms with van der Waals surface area (Å²) in [5.41, 5.74) is 0. The summed E-state index contributed by atoms with van der Waals surface area (Å²) >= 11 is 0. The maximum atomic E-state index is 8.92. The van der Waals surface area contributed by atoms with E-state index in [-0.39, 0.29) is 5.48 Å². The lowest BCUT2D eigenvalue weighted by molar-refractivity contribution is -0.928. The molecule has 0 bridgehead atoms. The van der Waals surface area contributed by atoms with Gasteiger partial charge in [0.2, 0.25) is 0 Å². The van der Waals surface area contributed by atoms with Gasteiger partial charge in [0, 0.05) is 13.0 Å². The smallest absolute Gasteiger partial charge is 0.0808 e. The summed E-state index contributed by atoms with van der Waals surface area (Å²) < 4.78 is 1.23. The zero-order chi connectivity index (χ0) is 10.9. The van der Waals surface area contributed by atoms with Crippen LogP contribution in [-0.4, -0.2) is 47.9 Å². The molecule has 0 radical (unpaired) electrons. The Hall–Kier alpha value is -0.120. The van der Waals surface area contributed by atoms with Crippen LogP contribution in [0.5, 0.6) is 0 Å². The Morgan fingerprint density at radius 1 is 0.800 bits per heavy atom. The second kappa shape index (κ2) is 10.4. The minimum atomic E-state index is 0. The lowest BCUT2D eigenvalue weighted by Crippen LogP contribution is -2.50. The molecule has 0 aliphatic heterocycles. The molecule has 3 heteroatoms. The van der Waals surface area contributed by atoms with Crippen molar-refractivity contribution < 1.29 is 15.1 Å². The standard InChI is InChI=1S/C12H28NO.H2O/c1-4-8-13(9-5-2,10-6-3)11-7-12-14;/h14H,4-12H2,1-3H3;1H2/q+1;/p-1. The summed E-state index contributed by atoms with van der Waals surface area (Å²) in [5, 5.41) is 8.92. The van der Waals surface area contributed by atoms with Crippen LogP contribution in [0.15, 0.2) is 0 Å². The SMILES string of the molecule is CCC[N+](CCC)(CCC)CCCO.[OH-]. The number of aliphatic hydroxyl groups excluding tert-OH is 1. The highest BCUT2D eigenvalue weighted by Gasteiger charge is 2.23. The normalized spacial score (nSPS) is 11.2. The van der Waals surface area contributed by atoms with Crippen LogP contribution in [0.4, 0.5) is 0 Å². The van der Waals surface area contributed by atoms with Gasteiger partial charge in [-0.3, -0.25) is 0 Å². The summed E-state index contributed by atoms with van der Waals surface area (Å²) in [4.78, 5) is 0. The molecule has 2 N–H and O–H groups in total. The number of rotatable bonds is 9. The fourth-order valence-corrected chi connectivity index (χ4v) is 2.50. The maximum Gasteiger partial charge on any atom is 0.0808 e. The van der Waals surface area contributed by atoms with E-state index in [4.69, 9.17) is 5.11 Å². The molecule has 15 heavy (non-hydrogen) atoms. The van der Waals surface area contributed by atoms with Gasteiger partial charge in [-0.25, -0.2) is 0 Å². The predicted molar refractivity (Wildman–Crippen MR) is 64.2 cm³/mol. The Balaban J connectivity index is 0. The molecular formula is C12H29NO2. The average Bonchev–Trinajstić information content (AvgIpc) is 2.16. The van der Waals surface area contributed by atoms with Crippen LogP contribution in [0.1, 0.15) is 46.5 Å². The maximum absolute atomic E-state index is 8.92. The summed E-state index contributed by atoms with van der Waals surface area (Å²) in [6.07, 6.45) is 4.72. The summed E-state index contributed by atoms with van der Waals surface area (Å²) in [5.74, 6) is 0. The highest BCUT2D eigenvalue weighted by Crippen LogP contribution is 2.12. The highest BCUT2D eigenvalue weighted by molar-refractivity contribution is 4.45. The van der Waals surface area contributed by atoms with Gasteiger partial charge in [0.1, 0.15) is 0 Å². The molecule has 0 unspecified atom stereocenters. The molecule has 0 saturated carbocycles. The van der Waals surface area contributed by atoms with Gasteiger partial charge in [0.25, 0.3) is 0 Å². The summed E-state index contributed by atoms with van der Waals surface area (Å²) in [6, 6.07) is 0. The summed E-state index contributed by atoms with van der Waals surface area (Å²) in [7, 11) is 0. The molecule has 0 aliphatic carbocycles. The fraction of sp³-hybridized carbons (Fsp3) is 1.00. The van der Waals surface area contributed by atoms with Crippen LogP contribution in [-0.2, 0) is 0 Å². The number of hydrogen-bond donors (Lipinski definition) is 1. The van der Waals surface area contributed by atoms with E-state index in [1.54, 1.807) is 0 Å². The molecule has 0 fully saturated rings. The van der Waals surface area contributed by atoms with E-state index >= 15 is 0 Å². The lowest BCUT2D eigenvalue weighted by atomic mass is 10.2. The van der Waals surface area contributed by atoms with Crippen molar-refractivity contribution in [2.45, 2.75) is 46.5 Å². The van der Waals surface area contributed by atoms with E-state index in [9.17, 15) is 0 Å². The minimum Gasteiger partial charge on any atom is -0.870 e. The Labute approximate surface area is 95.0 Å². The Morgan fingerprint density at radius 2 is 1.20 bits per heavy atom. The number of quaternary nitrogens is 1. The topological polar surface area (TPSA) is 50.2 Å². The van der Waals surface area contributed by atoms with Crippen molar-refractivity contribution in [1.82, 2.24) is 0 Å². The van der Waals surface area contributed by atoms with Gasteiger partial charge in [-0.15, -0.1) is 0 Å².